The van der Waals surface area contributed by atoms with Gasteiger partial charge in [0, 0.05) is 13.0 Å². The molecule has 130 valence electrons. The number of hydrogen-bond acceptors (Lipinski definition) is 3. The van der Waals surface area contributed by atoms with Gasteiger partial charge >= 0.3 is 5.97 Å². The van der Waals surface area contributed by atoms with E-state index in [2.05, 4.69) is 5.32 Å². The van der Waals surface area contributed by atoms with E-state index in [9.17, 15) is 19.1 Å². The van der Waals surface area contributed by atoms with Gasteiger partial charge in [-0.2, -0.15) is 0 Å². The SMILES string of the molecule is O=C(CC1(C(=O)O)CCC1)NC1CCOC1c1ccc(Cl)c(F)c1. The lowest BCUT2D eigenvalue weighted by molar-refractivity contribution is -0.157. The largest absolute Gasteiger partial charge is 0.481 e. The molecule has 2 atom stereocenters. The van der Waals surface area contributed by atoms with Crippen LogP contribution in [0, 0.1) is 11.2 Å². The van der Waals surface area contributed by atoms with Gasteiger partial charge < -0.3 is 15.2 Å². The monoisotopic (exact) mass is 355 g/mol. The molecule has 2 unspecified atom stereocenters. The number of halogens is 2. The molecule has 1 saturated carbocycles. The van der Waals surface area contributed by atoms with Crippen LogP contribution in [-0.2, 0) is 14.3 Å². The van der Waals surface area contributed by atoms with Crippen molar-refractivity contribution in [3.8, 4) is 0 Å². The maximum absolute atomic E-state index is 13.6. The number of rotatable bonds is 5. The summed E-state index contributed by atoms with van der Waals surface area (Å²) in [5.74, 6) is -1.75. The molecule has 1 aromatic rings. The first-order chi connectivity index (χ1) is 11.4. The van der Waals surface area contributed by atoms with Gasteiger partial charge in [-0.25, -0.2) is 4.39 Å². The van der Waals surface area contributed by atoms with Crippen LogP contribution in [-0.4, -0.2) is 29.6 Å². The summed E-state index contributed by atoms with van der Waals surface area (Å²) in [7, 11) is 0. The molecule has 2 N–H and O–H groups in total. The summed E-state index contributed by atoms with van der Waals surface area (Å²) in [4.78, 5) is 23.7. The third kappa shape index (κ3) is 3.26. The third-order valence-corrected chi connectivity index (χ3v) is 5.28. The highest BCUT2D eigenvalue weighted by molar-refractivity contribution is 6.30. The number of carbonyl (C=O) groups is 2. The highest BCUT2D eigenvalue weighted by Crippen LogP contribution is 2.44. The molecule has 1 amide bonds. The van der Waals surface area contributed by atoms with Crippen molar-refractivity contribution in [2.75, 3.05) is 6.61 Å². The first kappa shape index (κ1) is 17.2. The van der Waals surface area contributed by atoms with E-state index in [-0.39, 0.29) is 23.4 Å². The van der Waals surface area contributed by atoms with Crippen LogP contribution in [0.25, 0.3) is 0 Å². The first-order valence-electron chi connectivity index (χ1n) is 8.01. The van der Waals surface area contributed by atoms with E-state index in [0.29, 0.717) is 31.4 Å². The molecule has 24 heavy (non-hydrogen) atoms. The van der Waals surface area contributed by atoms with Crippen LogP contribution in [0.5, 0.6) is 0 Å². The Morgan fingerprint density at radius 3 is 2.75 bits per heavy atom. The van der Waals surface area contributed by atoms with Gasteiger partial charge in [0.25, 0.3) is 0 Å². The summed E-state index contributed by atoms with van der Waals surface area (Å²) in [6, 6.07) is 4.14. The molecule has 5 nitrogen and oxygen atoms in total. The van der Waals surface area contributed by atoms with E-state index >= 15 is 0 Å². The van der Waals surface area contributed by atoms with E-state index in [1.54, 1.807) is 6.07 Å². The summed E-state index contributed by atoms with van der Waals surface area (Å²) < 4.78 is 19.3. The van der Waals surface area contributed by atoms with E-state index < -0.39 is 23.3 Å². The van der Waals surface area contributed by atoms with Crippen LogP contribution in [0.1, 0.15) is 43.8 Å². The molecule has 1 aliphatic heterocycles. The normalized spacial score (nSPS) is 25.1. The molecule has 0 aromatic heterocycles. The maximum atomic E-state index is 13.6. The fraction of sp³-hybridized carbons (Fsp3) is 0.529. The lowest BCUT2D eigenvalue weighted by Crippen LogP contribution is -2.45. The second-order valence-electron chi connectivity index (χ2n) is 6.54. The van der Waals surface area contributed by atoms with Gasteiger partial charge in [-0.15, -0.1) is 0 Å². The fourth-order valence-corrected chi connectivity index (χ4v) is 3.51. The minimum atomic E-state index is -0.925. The van der Waals surface area contributed by atoms with Crippen molar-refractivity contribution in [1.29, 1.82) is 0 Å². The Hall–Kier alpha value is -1.66. The summed E-state index contributed by atoms with van der Waals surface area (Å²) in [6.07, 6.45) is 2.01. The van der Waals surface area contributed by atoms with Gasteiger partial charge in [0.15, 0.2) is 0 Å². The average molecular weight is 356 g/mol. The van der Waals surface area contributed by atoms with Gasteiger partial charge in [0.2, 0.25) is 5.91 Å². The molecule has 2 aliphatic rings. The number of aliphatic carboxylic acids is 1. The minimum Gasteiger partial charge on any atom is -0.481 e. The van der Waals surface area contributed by atoms with Crippen molar-refractivity contribution in [1.82, 2.24) is 5.32 Å². The van der Waals surface area contributed by atoms with E-state index in [4.69, 9.17) is 16.3 Å². The van der Waals surface area contributed by atoms with Crippen molar-refractivity contribution in [3.63, 3.8) is 0 Å². The molecule has 1 aliphatic carbocycles. The van der Waals surface area contributed by atoms with Crippen LogP contribution in [0.4, 0.5) is 4.39 Å². The summed E-state index contributed by atoms with van der Waals surface area (Å²) in [6.45, 7) is 0.448. The first-order valence-corrected chi connectivity index (χ1v) is 8.38. The lowest BCUT2D eigenvalue weighted by Gasteiger charge is -2.37. The zero-order chi connectivity index (χ0) is 17.3. The Bertz CT molecular complexity index is 662. The van der Waals surface area contributed by atoms with Gasteiger partial charge in [-0.3, -0.25) is 9.59 Å². The van der Waals surface area contributed by atoms with Gasteiger partial charge in [-0.1, -0.05) is 24.1 Å². The number of carboxylic acids is 1. The van der Waals surface area contributed by atoms with Crippen molar-refractivity contribution < 1.29 is 23.8 Å². The summed E-state index contributed by atoms with van der Waals surface area (Å²) >= 11 is 5.69. The van der Waals surface area contributed by atoms with Crippen LogP contribution in [0.3, 0.4) is 0 Å². The predicted molar refractivity (Wildman–Crippen MR) is 85.2 cm³/mol. The fourth-order valence-electron chi connectivity index (χ4n) is 3.39. The number of hydrogen-bond donors (Lipinski definition) is 2. The van der Waals surface area contributed by atoms with Gasteiger partial charge in [0.05, 0.1) is 16.5 Å². The number of amides is 1. The summed E-state index contributed by atoms with van der Waals surface area (Å²) in [5.41, 5.74) is -0.317. The minimum absolute atomic E-state index is 0.0272. The topological polar surface area (TPSA) is 75.6 Å². The summed E-state index contributed by atoms with van der Waals surface area (Å²) in [5, 5.41) is 12.2. The van der Waals surface area contributed by atoms with Crippen LogP contribution >= 0.6 is 11.6 Å². The number of carboxylic acid groups (broad SMARTS) is 1. The Labute approximate surface area is 144 Å². The van der Waals surface area contributed by atoms with Crippen LogP contribution < -0.4 is 5.32 Å². The second-order valence-corrected chi connectivity index (χ2v) is 6.95. The molecule has 2 fully saturated rings. The quantitative estimate of drug-likeness (QED) is 0.851. The smallest absolute Gasteiger partial charge is 0.310 e. The van der Waals surface area contributed by atoms with E-state index in [1.807, 2.05) is 0 Å². The van der Waals surface area contributed by atoms with Crippen LogP contribution in [0.15, 0.2) is 18.2 Å². The maximum Gasteiger partial charge on any atom is 0.310 e. The highest BCUT2D eigenvalue weighted by Gasteiger charge is 2.46. The molecule has 1 aromatic carbocycles. The Morgan fingerprint density at radius 2 is 2.17 bits per heavy atom. The average Bonchev–Trinajstić information content (AvgIpc) is 2.93. The molecule has 3 rings (SSSR count). The molecule has 7 heteroatoms. The zero-order valence-corrected chi connectivity index (χ0v) is 13.8. The van der Waals surface area contributed by atoms with E-state index in [1.165, 1.54) is 12.1 Å². The van der Waals surface area contributed by atoms with Crippen LogP contribution in [0.2, 0.25) is 5.02 Å². The Morgan fingerprint density at radius 1 is 1.42 bits per heavy atom. The number of nitrogens with one attached hydrogen (secondary N) is 1. The molecule has 0 spiro atoms. The lowest BCUT2D eigenvalue weighted by atomic mass is 9.66. The number of benzene rings is 1. The molecule has 0 bridgehead atoms. The standard InChI is InChI=1S/C17H19ClFNO4/c18-11-3-2-10(8-12(11)19)15-13(4-7-24-15)20-14(21)9-17(16(22)23)5-1-6-17/h2-3,8,13,15H,1,4-7,9H2,(H,20,21)(H,22,23). The van der Waals surface area contributed by atoms with Crippen molar-refractivity contribution >= 4 is 23.5 Å². The predicted octanol–water partition coefficient (Wildman–Crippen LogP) is 3.07. The highest BCUT2D eigenvalue weighted by atomic mass is 35.5. The number of ether oxygens (including phenoxy) is 1. The number of carbonyl (C=O) groups excluding carboxylic acids is 1. The van der Waals surface area contributed by atoms with Crippen molar-refractivity contribution in [2.24, 2.45) is 5.41 Å². The van der Waals surface area contributed by atoms with E-state index in [0.717, 1.165) is 6.42 Å². The molecule has 1 heterocycles. The zero-order valence-electron chi connectivity index (χ0n) is 13.1. The molecule has 0 radical (unpaired) electrons. The Kier molecular flexibility index (Phi) is 4.78. The second kappa shape index (κ2) is 6.69. The molecular formula is C17H19ClFNO4. The molecular weight excluding hydrogens is 337 g/mol. The van der Waals surface area contributed by atoms with Crippen molar-refractivity contribution in [3.05, 3.63) is 34.6 Å². The third-order valence-electron chi connectivity index (χ3n) is 4.97. The molecule has 1 saturated heterocycles. The van der Waals surface area contributed by atoms with Gasteiger partial charge in [0.1, 0.15) is 11.9 Å². The van der Waals surface area contributed by atoms with Crippen molar-refractivity contribution in [2.45, 2.75) is 44.2 Å². The Balaban J connectivity index is 1.66. The van der Waals surface area contributed by atoms with Gasteiger partial charge in [-0.05, 0) is 37.0 Å².